The zero-order valence-corrected chi connectivity index (χ0v) is 20.8. The number of aromatic nitrogens is 2. The Kier molecular flexibility index (Phi) is 5.54. The fourth-order valence-electron chi connectivity index (χ4n) is 8.94. The molecule has 0 bridgehead atoms. The van der Waals surface area contributed by atoms with Crippen molar-refractivity contribution >= 4 is 11.7 Å². The number of Topliss-reactive ketones (excluding diaryl/α,β-unsaturated/α-hetero) is 1. The summed E-state index contributed by atoms with van der Waals surface area (Å²) in [6.07, 6.45) is 13.2. The first kappa shape index (κ1) is 23.1. The lowest BCUT2D eigenvalue weighted by molar-refractivity contribution is -0.151. The number of nitrogens with zero attached hydrogens (tertiary/aromatic N) is 2. The number of amides is 1. The van der Waals surface area contributed by atoms with E-state index in [1.165, 1.54) is 25.5 Å². The van der Waals surface area contributed by atoms with Gasteiger partial charge in [0.2, 0.25) is 0 Å². The van der Waals surface area contributed by atoms with E-state index >= 15 is 0 Å². The van der Waals surface area contributed by atoms with Crippen LogP contribution in [0, 0.1) is 40.4 Å². The van der Waals surface area contributed by atoms with Crippen LogP contribution in [-0.4, -0.2) is 39.2 Å². The molecule has 4 fully saturated rings. The second-order valence-corrected chi connectivity index (χ2v) is 12.5. The van der Waals surface area contributed by atoms with Crippen LogP contribution >= 0.6 is 0 Å². The first-order valence-corrected chi connectivity index (χ1v) is 13.1. The number of aliphatic hydroxyl groups is 1. The van der Waals surface area contributed by atoms with Gasteiger partial charge in [0.05, 0.1) is 23.9 Å². The number of nitrogens with one attached hydrogen (secondary N) is 1. The van der Waals surface area contributed by atoms with Gasteiger partial charge < -0.3 is 10.4 Å². The summed E-state index contributed by atoms with van der Waals surface area (Å²) in [7, 11) is 1.60. The van der Waals surface area contributed by atoms with Crippen LogP contribution in [0.15, 0.2) is 12.4 Å². The van der Waals surface area contributed by atoms with Crippen molar-refractivity contribution in [3.8, 4) is 0 Å². The summed E-state index contributed by atoms with van der Waals surface area (Å²) in [4.78, 5) is 25.3. The van der Waals surface area contributed by atoms with Crippen LogP contribution < -0.4 is 5.32 Å². The molecule has 4 aliphatic rings. The monoisotopic (exact) mass is 455 g/mol. The standard InChI is InChI=1S/C27H41N3O3/c1-25(33)11-12-26(2)18(13-25)5-6-19-20-7-8-22(27(20,3)10-9-21(19)26)23(31)16-30-15-17(14-29-30)24(32)28-4/h14-15,18-22,33H,5-13,16H2,1-4H3,(H,28,32)/t18-,19+,20+,21+,22-,25-,26+,27+/m1/s1. The van der Waals surface area contributed by atoms with Crippen LogP contribution in [-0.2, 0) is 11.3 Å². The predicted molar refractivity (Wildman–Crippen MR) is 126 cm³/mol. The molecule has 2 N–H and O–H groups in total. The van der Waals surface area contributed by atoms with Gasteiger partial charge in [0.25, 0.3) is 5.91 Å². The smallest absolute Gasteiger partial charge is 0.254 e. The Labute approximate surface area is 197 Å². The minimum Gasteiger partial charge on any atom is -0.390 e. The van der Waals surface area contributed by atoms with Gasteiger partial charge in [-0.05, 0) is 99.2 Å². The summed E-state index contributed by atoms with van der Waals surface area (Å²) in [5.41, 5.74) is 0.436. The van der Waals surface area contributed by atoms with E-state index < -0.39 is 5.60 Å². The largest absolute Gasteiger partial charge is 0.390 e. The van der Waals surface area contributed by atoms with Crippen molar-refractivity contribution in [3.63, 3.8) is 0 Å². The van der Waals surface area contributed by atoms with Gasteiger partial charge in [-0.3, -0.25) is 14.3 Å². The average molecular weight is 456 g/mol. The van der Waals surface area contributed by atoms with Crippen molar-refractivity contribution in [1.82, 2.24) is 15.1 Å². The molecular formula is C27H41N3O3. The van der Waals surface area contributed by atoms with Crippen LogP contribution in [0.1, 0.15) is 88.9 Å². The van der Waals surface area contributed by atoms with Gasteiger partial charge in [0.15, 0.2) is 5.78 Å². The molecule has 0 aromatic carbocycles. The third-order valence-corrected chi connectivity index (χ3v) is 10.8. The number of carbonyl (C=O) groups is 2. The summed E-state index contributed by atoms with van der Waals surface area (Å²) in [6.45, 7) is 7.20. The van der Waals surface area contributed by atoms with Gasteiger partial charge in [0, 0.05) is 19.2 Å². The molecule has 33 heavy (non-hydrogen) atoms. The minimum absolute atomic E-state index is 0.0817. The summed E-state index contributed by atoms with van der Waals surface area (Å²) in [5, 5.41) is 17.6. The fourth-order valence-corrected chi connectivity index (χ4v) is 8.94. The summed E-state index contributed by atoms with van der Waals surface area (Å²) in [5.74, 6) is 2.92. The molecule has 1 aromatic heterocycles. The van der Waals surface area contributed by atoms with E-state index in [2.05, 4.69) is 24.3 Å². The highest BCUT2D eigenvalue weighted by atomic mass is 16.3. The predicted octanol–water partition coefficient (Wildman–Crippen LogP) is 4.22. The van der Waals surface area contributed by atoms with E-state index in [1.54, 1.807) is 17.9 Å². The van der Waals surface area contributed by atoms with Crippen LogP contribution in [0.4, 0.5) is 0 Å². The van der Waals surface area contributed by atoms with E-state index in [1.807, 2.05) is 6.92 Å². The van der Waals surface area contributed by atoms with Crippen LogP contribution in [0.2, 0.25) is 0 Å². The van der Waals surface area contributed by atoms with Gasteiger partial charge in [-0.15, -0.1) is 0 Å². The molecule has 0 spiro atoms. The summed E-state index contributed by atoms with van der Waals surface area (Å²) < 4.78 is 1.63. The van der Waals surface area contributed by atoms with E-state index in [0.717, 1.165) is 50.4 Å². The summed E-state index contributed by atoms with van der Waals surface area (Å²) in [6, 6.07) is 0. The number of fused-ring (bicyclic) bond motifs is 5. The molecule has 5 rings (SSSR count). The van der Waals surface area contributed by atoms with Crippen LogP contribution in [0.3, 0.4) is 0 Å². The zero-order chi connectivity index (χ0) is 23.6. The number of rotatable bonds is 4. The maximum Gasteiger partial charge on any atom is 0.254 e. The van der Waals surface area contributed by atoms with Gasteiger partial charge in [-0.1, -0.05) is 13.8 Å². The first-order valence-electron chi connectivity index (χ1n) is 13.1. The Balaban J connectivity index is 1.31. The molecule has 6 nitrogen and oxygen atoms in total. The van der Waals surface area contributed by atoms with Crippen molar-refractivity contribution in [1.29, 1.82) is 0 Å². The molecule has 8 atom stereocenters. The van der Waals surface area contributed by atoms with Crippen molar-refractivity contribution in [2.75, 3.05) is 7.05 Å². The van der Waals surface area contributed by atoms with E-state index in [4.69, 9.17) is 0 Å². The molecule has 4 aliphatic carbocycles. The van der Waals surface area contributed by atoms with Crippen molar-refractivity contribution in [3.05, 3.63) is 18.0 Å². The molecular weight excluding hydrogens is 414 g/mol. The second kappa shape index (κ2) is 7.93. The molecule has 1 heterocycles. The quantitative estimate of drug-likeness (QED) is 0.712. The van der Waals surface area contributed by atoms with Crippen LogP contribution in [0.25, 0.3) is 0 Å². The number of hydrogen-bond acceptors (Lipinski definition) is 4. The average Bonchev–Trinajstić information content (AvgIpc) is 3.37. The Bertz CT molecular complexity index is 939. The minimum atomic E-state index is -0.491. The number of carbonyl (C=O) groups excluding carboxylic acids is 2. The Hall–Kier alpha value is -1.69. The maximum absolute atomic E-state index is 13.5. The Morgan fingerprint density at radius 2 is 1.82 bits per heavy atom. The zero-order valence-electron chi connectivity index (χ0n) is 20.8. The lowest BCUT2D eigenvalue weighted by atomic mass is 9.44. The van der Waals surface area contributed by atoms with Crippen molar-refractivity contribution in [2.45, 2.75) is 90.7 Å². The number of hydrogen-bond donors (Lipinski definition) is 2. The van der Waals surface area contributed by atoms with Gasteiger partial charge in [-0.2, -0.15) is 5.10 Å². The lowest BCUT2D eigenvalue weighted by Crippen LogP contribution is -2.55. The molecule has 0 saturated heterocycles. The molecule has 0 radical (unpaired) electrons. The third-order valence-electron chi connectivity index (χ3n) is 10.8. The van der Waals surface area contributed by atoms with Crippen molar-refractivity contribution < 1.29 is 14.7 Å². The maximum atomic E-state index is 13.5. The number of ketones is 1. The van der Waals surface area contributed by atoms with E-state index in [0.29, 0.717) is 22.8 Å². The SMILES string of the molecule is CNC(=O)c1cnn(CC(=O)[C@H]2CC[C@H]3[C@@H]4CC[C@@H]5C[C@](C)(O)CC[C@]5(C)[C@H]4CC[C@]23C)c1. The lowest BCUT2D eigenvalue weighted by Gasteiger charge is -2.61. The molecule has 6 heteroatoms. The van der Waals surface area contributed by atoms with E-state index in [9.17, 15) is 14.7 Å². The summed E-state index contributed by atoms with van der Waals surface area (Å²) >= 11 is 0. The molecule has 4 saturated carbocycles. The van der Waals surface area contributed by atoms with Gasteiger partial charge in [-0.25, -0.2) is 0 Å². The Morgan fingerprint density at radius 1 is 1.06 bits per heavy atom. The highest BCUT2D eigenvalue weighted by Crippen LogP contribution is 2.68. The molecule has 1 amide bonds. The van der Waals surface area contributed by atoms with E-state index in [-0.39, 0.29) is 29.6 Å². The molecule has 1 aromatic rings. The highest BCUT2D eigenvalue weighted by Gasteiger charge is 2.61. The van der Waals surface area contributed by atoms with Gasteiger partial charge >= 0.3 is 0 Å². The normalized spacial score (nSPS) is 44.5. The van der Waals surface area contributed by atoms with Gasteiger partial charge in [0.1, 0.15) is 0 Å². The molecule has 0 aliphatic heterocycles. The Morgan fingerprint density at radius 3 is 2.58 bits per heavy atom. The molecule has 182 valence electrons. The fraction of sp³-hybridized carbons (Fsp3) is 0.815. The topological polar surface area (TPSA) is 84.2 Å². The first-order chi connectivity index (χ1) is 15.6. The second-order valence-electron chi connectivity index (χ2n) is 12.5. The van der Waals surface area contributed by atoms with Crippen molar-refractivity contribution in [2.24, 2.45) is 40.4 Å². The highest BCUT2D eigenvalue weighted by molar-refractivity contribution is 5.93. The molecule has 0 unspecified atom stereocenters. The third kappa shape index (κ3) is 3.67. The van der Waals surface area contributed by atoms with Crippen LogP contribution in [0.5, 0.6) is 0 Å².